The van der Waals surface area contributed by atoms with Crippen molar-refractivity contribution in [3.8, 4) is 17.2 Å². The summed E-state index contributed by atoms with van der Waals surface area (Å²) in [7, 11) is 1.58. The third-order valence-corrected chi connectivity index (χ3v) is 2.54. The van der Waals surface area contributed by atoms with Crippen LogP contribution in [0.2, 0.25) is 0 Å². The first-order valence-corrected chi connectivity index (χ1v) is 4.99. The summed E-state index contributed by atoms with van der Waals surface area (Å²) in [6.45, 7) is 0. The predicted molar refractivity (Wildman–Crippen MR) is 61.8 cm³/mol. The minimum Gasteiger partial charge on any atom is -0.317 e. The number of hydrogen-bond donors (Lipinski definition) is 0. The van der Waals surface area contributed by atoms with Crippen molar-refractivity contribution in [2.75, 3.05) is 0 Å². The van der Waals surface area contributed by atoms with Gasteiger partial charge in [0.2, 0.25) is 0 Å². The van der Waals surface area contributed by atoms with E-state index in [1.165, 1.54) is 16.7 Å². The number of benzene rings is 1. The lowest BCUT2D eigenvalue weighted by atomic mass is 10.0. The minimum atomic E-state index is -0.352. The standard InChI is InChI=1S/C13H9FN2O/c1-16-7-6-11(12(8-15)13(16)17)9-2-4-10(14)5-3-9/h2-7H,1H3. The molecule has 1 heterocycles. The maximum absolute atomic E-state index is 12.8. The molecule has 0 saturated carbocycles. The molecule has 1 aromatic carbocycles. The highest BCUT2D eigenvalue weighted by Gasteiger charge is 2.09. The smallest absolute Gasteiger partial charge is 0.268 e. The van der Waals surface area contributed by atoms with E-state index in [0.717, 1.165) is 0 Å². The molecule has 0 aliphatic heterocycles. The Bertz CT molecular complexity index is 651. The Labute approximate surface area is 97.4 Å². The van der Waals surface area contributed by atoms with Gasteiger partial charge in [-0.05, 0) is 23.8 Å². The lowest BCUT2D eigenvalue weighted by Crippen LogP contribution is -2.19. The van der Waals surface area contributed by atoms with Gasteiger partial charge < -0.3 is 4.57 Å². The zero-order chi connectivity index (χ0) is 12.4. The van der Waals surface area contributed by atoms with Crippen LogP contribution in [0, 0.1) is 17.1 Å². The first kappa shape index (κ1) is 11.1. The van der Waals surface area contributed by atoms with Crippen molar-refractivity contribution in [1.82, 2.24) is 4.57 Å². The average Bonchev–Trinajstić information content (AvgIpc) is 2.34. The van der Waals surface area contributed by atoms with Crippen LogP contribution in [0.1, 0.15) is 5.56 Å². The zero-order valence-corrected chi connectivity index (χ0v) is 9.14. The van der Waals surface area contributed by atoms with Crippen LogP contribution in [0.15, 0.2) is 41.3 Å². The number of halogens is 1. The van der Waals surface area contributed by atoms with E-state index in [1.807, 2.05) is 6.07 Å². The third-order valence-electron chi connectivity index (χ3n) is 2.54. The van der Waals surface area contributed by atoms with Gasteiger partial charge in [0.05, 0.1) is 0 Å². The number of pyridine rings is 1. The Balaban J connectivity index is 2.69. The van der Waals surface area contributed by atoms with E-state index in [9.17, 15) is 9.18 Å². The molecule has 2 aromatic rings. The topological polar surface area (TPSA) is 45.8 Å². The maximum Gasteiger partial charge on any atom is 0.268 e. The van der Waals surface area contributed by atoms with Crippen LogP contribution < -0.4 is 5.56 Å². The number of aryl methyl sites for hydroxylation is 1. The van der Waals surface area contributed by atoms with Crippen LogP contribution in [0.3, 0.4) is 0 Å². The van der Waals surface area contributed by atoms with E-state index in [0.29, 0.717) is 11.1 Å². The number of nitrogens with zero attached hydrogens (tertiary/aromatic N) is 2. The lowest BCUT2D eigenvalue weighted by molar-refractivity contribution is 0.628. The summed E-state index contributed by atoms with van der Waals surface area (Å²) < 4.78 is 14.1. The van der Waals surface area contributed by atoms with Crippen molar-refractivity contribution < 1.29 is 4.39 Å². The maximum atomic E-state index is 12.8. The monoisotopic (exact) mass is 228 g/mol. The van der Waals surface area contributed by atoms with Crippen molar-refractivity contribution in [2.45, 2.75) is 0 Å². The van der Waals surface area contributed by atoms with Crippen LogP contribution in [-0.2, 0) is 7.05 Å². The van der Waals surface area contributed by atoms with E-state index in [-0.39, 0.29) is 16.9 Å². The normalized spacial score (nSPS) is 9.94. The molecule has 0 aliphatic carbocycles. The molecule has 0 amide bonds. The van der Waals surface area contributed by atoms with Gasteiger partial charge in [0, 0.05) is 18.8 Å². The molecule has 84 valence electrons. The molecule has 0 fully saturated rings. The van der Waals surface area contributed by atoms with Gasteiger partial charge in [-0.3, -0.25) is 4.79 Å². The minimum absolute atomic E-state index is 0.0709. The van der Waals surface area contributed by atoms with E-state index in [1.54, 1.807) is 31.4 Å². The molecule has 0 spiro atoms. The van der Waals surface area contributed by atoms with Crippen LogP contribution in [0.4, 0.5) is 4.39 Å². The van der Waals surface area contributed by atoms with Crippen LogP contribution in [0.25, 0.3) is 11.1 Å². The van der Waals surface area contributed by atoms with Gasteiger partial charge >= 0.3 is 0 Å². The highest BCUT2D eigenvalue weighted by atomic mass is 19.1. The van der Waals surface area contributed by atoms with Crippen molar-refractivity contribution >= 4 is 0 Å². The van der Waals surface area contributed by atoms with Crippen molar-refractivity contribution in [1.29, 1.82) is 5.26 Å². The van der Waals surface area contributed by atoms with Gasteiger partial charge in [-0.25, -0.2) is 4.39 Å². The average molecular weight is 228 g/mol. The fourth-order valence-electron chi connectivity index (χ4n) is 1.61. The SMILES string of the molecule is Cn1ccc(-c2ccc(F)cc2)c(C#N)c1=O. The number of rotatable bonds is 1. The quantitative estimate of drug-likeness (QED) is 0.750. The van der Waals surface area contributed by atoms with E-state index in [4.69, 9.17) is 5.26 Å². The Kier molecular flexibility index (Phi) is 2.75. The summed E-state index contributed by atoms with van der Waals surface area (Å²) in [5.41, 5.74) is 0.896. The molecular weight excluding hydrogens is 219 g/mol. The second-order valence-corrected chi connectivity index (χ2v) is 3.64. The van der Waals surface area contributed by atoms with Gasteiger partial charge in [0.25, 0.3) is 5.56 Å². The summed E-state index contributed by atoms with van der Waals surface area (Å²) in [6.07, 6.45) is 1.59. The summed E-state index contributed by atoms with van der Waals surface area (Å²) in [6, 6.07) is 9.26. The molecule has 3 nitrogen and oxygen atoms in total. The van der Waals surface area contributed by atoms with E-state index in [2.05, 4.69) is 0 Å². The highest BCUT2D eigenvalue weighted by Crippen LogP contribution is 2.20. The van der Waals surface area contributed by atoms with Crippen molar-refractivity contribution in [2.24, 2.45) is 7.05 Å². The van der Waals surface area contributed by atoms with Gasteiger partial charge in [0.15, 0.2) is 0 Å². The Hall–Kier alpha value is -2.41. The third kappa shape index (κ3) is 1.95. The molecule has 1 aromatic heterocycles. The summed E-state index contributed by atoms with van der Waals surface area (Å²) in [4.78, 5) is 11.7. The van der Waals surface area contributed by atoms with Crippen molar-refractivity contribution in [3.63, 3.8) is 0 Å². The molecule has 0 atom stereocenters. The molecule has 17 heavy (non-hydrogen) atoms. The fraction of sp³-hybridized carbons (Fsp3) is 0.0769. The number of nitriles is 1. The summed E-state index contributed by atoms with van der Waals surface area (Å²) >= 11 is 0. The molecule has 0 saturated heterocycles. The summed E-state index contributed by atoms with van der Waals surface area (Å²) in [5, 5.41) is 9.00. The largest absolute Gasteiger partial charge is 0.317 e. The number of hydrogen-bond acceptors (Lipinski definition) is 2. The Morgan fingerprint density at radius 3 is 2.47 bits per heavy atom. The van der Waals surface area contributed by atoms with E-state index >= 15 is 0 Å². The van der Waals surface area contributed by atoms with Gasteiger partial charge in [-0.2, -0.15) is 5.26 Å². The Morgan fingerprint density at radius 1 is 1.24 bits per heavy atom. The lowest BCUT2D eigenvalue weighted by Gasteiger charge is -2.05. The number of aromatic nitrogens is 1. The molecule has 0 aliphatic rings. The van der Waals surface area contributed by atoms with Crippen LogP contribution in [0.5, 0.6) is 0 Å². The van der Waals surface area contributed by atoms with Crippen LogP contribution in [-0.4, -0.2) is 4.57 Å². The summed E-state index contributed by atoms with van der Waals surface area (Å²) in [5.74, 6) is -0.351. The predicted octanol–water partition coefficient (Wildman–Crippen LogP) is 2.06. The highest BCUT2D eigenvalue weighted by molar-refractivity contribution is 5.69. The Morgan fingerprint density at radius 2 is 1.88 bits per heavy atom. The second kappa shape index (κ2) is 4.22. The van der Waals surface area contributed by atoms with Crippen LogP contribution >= 0.6 is 0 Å². The van der Waals surface area contributed by atoms with Gasteiger partial charge in [-0.1, -0.05) is 12.1 Å². The van der Waals surface area contributed by atoms with E-state index < -0.39 is 0 Å². The molecule has 0 N–H and O–H groups in total. The van der Waals surface area contributed by atoms with Gasteiger partial charge in [-0.15, -0.1) is 0 Å². The molecular formula is C13H9FN2O. The molecule has 4 heteroatoms. The zero-order valence-electron chi connectivity index (χ0n) is 9.14. The first-order chi connectivity index (χ1) is 8.13. The molecule has 0 unspecified atom stereocenters. The molecule has 0 bridgehead atoms. The molecule has 0 radical (unpaired) electrons. The fourth-order valence-corrected chi connectivity index (χ4v) is 1.61. The van der Waals surface area contributed by atoms with Gasteiger partial charge in [0.1, 0.15) is 17.4 Å². The second-order valence-electron chi connectivity index (χ2n) is 3.64. The van der Waals surface area contributed by atoms with Crippen molar-refractivity contribution in [3.05, 3.63) is 58.3 Å². The first-order valence-electron chi connectivity index (χ1n) is 4.99. The molecule has 2 rings (SSSR count).